The third kappa shape index (κ3) is 8.27. The van der Waals surface area contributed by atoms with Gasteiger partial charge in [-0.1, -0.05) is 45.0 Å². The van der Waals surface area contributed by atoms with E-state index < -0.39 is 8.32 Å². The van der Waals surface area contributed by atoms with E-state index in [9.17, 15) is 9.18 Å². The summed E-state index contributed by atoms with van der Waals surface area (Å²) in [7, 11) is -1.74. The van der Waals surface area contributed by atoms with Crippen LogP contribution in [0, 0.1) is 5.82 Å². The summed E-state index contributed by atoms with van der Waals surface area (Å²) in [5.74, 6) is 0.508. The van der Waals surface area contributed by atoms with E-state index in [0.29, 0.717) is 18.9 Å². The summed E-state index contributed by atoms with van der Waals surface area (Å²) in [6, 6.07) is 18.4. The van der Waals surface area contributed by atoms with Crippen molar-refractivity contribution in [2.24, 2.45) is 0 Å². The monoisotopic (exact) mass is 551 g/mol. The first-order chi connectivity index (χ1) is 18.5. The second-order valence-electron chi connectivity index (χ2n) is 12.0. The lowest BCUT2D eigenvalue weighted by Crippen LogP contribution is -2.41. The fourth-order valence-electron chi connectivity index (χ4n) is 4.53. The largest absolute Gasteiger partial charge is 0.493 e. The molecule has 0 unspecified atom stereocenters. The second kappa shape index (κ2) is 12.5. The molecule has 210 valence electrons. The number of carbonyl (C=O) groups excluding carboxylic acids is 1. The molecule has 0 aromatic heterocycles. The molecule has 1 aliphatic heterocycles. The minimum absolute atomic E-state index is 0.0832. The first-order valence-corrected chi connectivity index (χ1v) is 16.7. The highest BCUT2D eigenvalue weighted by Crippen LogP contribution is 2.36. The minimum Gasteiger partial charge on any atom is -0.493 e. The van der Waals surface area contributed by atoms with Crippen LogP contribution in [-0.4, -0.2) is 51.6 Å². The first kappa shape index (κ1) is 29.0. The Kier molecular flexibility index (Phi) is 9.30. The van der Waals surface area contributed by atoms with Gasteiger partial charge in [-0.25, -0.2) is 9.18 Å². The molecule has 1 heterocycles. The van der Waals surface area contributed by atoms with E-state index in [1.807, 2.05) is 42.5 Å². The summed E-state index contributed by atoms with van der Waals surface area (Å²) in [6.07, 6.45) is 1.72. The van der Waals surface area contributed by atoms with Gasteiger partial charge in [-0.3, -0.25) is 4.90 Å². The fourth-order valence-corrected chi connectivity index (χ4v) is 5.61. The highest BCUT2D eigenvalue weighted by atomic mass is 28.4. The Morgan fingerprint density at radius 3 is 2.62 bits per heavy atom. The Balaban J connectivity index is 1.19. The summed E-state index contributed by atoms with van der Waals surface area (Å²) in [5.41, 5.74) is 1.88. The van der Waals surface area contributed by atoms with Crippen LogP contribution in [0.3, 0.4) is 0 Å². The molecular formula is C31H42FN3O3Si. The molecular weight excluding hydrogens is 509 g/mol. The van der Waals surface area contributed by atoms with Crippen LogP contribution in [-0.2, 0) is 11.0 Å². The molecule has 8 heteroatoms. The Morgan fingerprint density at radius 1 is 1.05 bits per heavy atom. The Bertz CT molecular complexity index is 1280. The Labute approximate surface area is 233 Å². The van der Waals surface area contributed by atoms with E-state index in [4.69, 9.17) is 9.16 Å². The lowest BCUT2D eigenvalue weighted by Gasteiger charge is -2.36. The average Bonchev–Trinajstić information content (AvgIpc) is 3.29. The zero-order chi connectivity index (χ0) is 28.0. The molecule has 0 bridgehead atoms. The van der Waals surface area contributed by atoms with Crippen molar-refractivity contribution in [2.75, 3.05) is 31.6 Å². The summed E-state index contributed by atoms with van der Waals surface area (Å²) < 4.78 is 25.6. The summed E-state index contributed by atoms with van der Waals surface area (Å²) in [4.78, 5) is 15.0. The lowest BCUT2D eigenvalue weighted by molar-refractivity contribution is 0.234. The molecule has 0 saturated carbocycles. The number of nitrogens with one attached hydrogen (secondary N) is 2. The van der Waals surface area contributed by atoms with Crippen LogP contribution in [0.25, 0.3) is 10.8 Å². The van der Waals surface area contributed by atoms with Gasteiger partial charge in [0.2, 0.25) is 0 Å². The number of amides is 2. The third-order valence-electron chi connectivity index (χ3n) is 7.80. The molecule has 3 aromatic rings. The van der Waals surface area contributed by atoms with Crippen LogP contribution >= 0.6 is 0 Å². The van der Waals surface area contributed by atoms with Crippen LogP contribution in [0.1, 0.15) is 39.2 Å². The molecule has 2 amide bonds. The number of halogens is 1. The topological polar surface area (TPSA) is 62.8 Å². The van der Waals surface area contributed by atoms with E-state index in [1.165, 1.54) is 11.6 Å². The van der Waals surface area contributed by atoms with Crippen molar-refractivity contribution in [1.82, 2.24) is 10.2 Å². The van der Waals surface area contributed by atoms with E-state index in [0.717, 1.165) is 49.0 Å². The SMILES string of the molecule is CC(C)(C)[Si](C)(C)OCCCOc1cccc(NC(=O)N[C@@H]2CCN(Cc3ccc4cc(F)ccc4c3)C2)c1. The first-order valence-electron chi connectivity index (χ1n) is 13.8. The molecule has 0 spiro atoms. The molecule has 0 aliphatic carbocycles. The zero-order valence-electron chi connectivity index (χ0n) is 23.9. The van der Waals surface area contributed by atoms with Crippen LogP contribution < -0.4 is 15.4 Å². The zero-order valence-corrected chi connectivity index (χ0v) is 24.9. The van der Waals surface area contributed by atoms with Crippen LogP contribution in [0.5, 0.6) is 5.75 Å². The molecule has 39 heavy (non-hydrogen) atoms. The number of likely N-dealkylation sites (tertiary alicyclic amines) is 1. The van der Waals surface area contributed by atoms with Gasteiger partial charge in [-0.2, -0.15) is 0 Å². The standard InChI is InChI=1S/C31H42FN3O3Si/c1-31(2,3)39(4,5)38-17-7-16-37-29-9-6-8-27(20-29)33-30(36)34-28-14-15-35(22-28)21-23-10-11-25-19-26(32)13-12-24(25)18-23/h6,8-13,18-20,28H,7,14-17,21-22H2,1-5H3,(H2,33,34,36)/t28-/m1/s1. The maximum Gasteiger partial charge on any atom is 0.319 e. The van der Waals surface area contributed by atoms with Crippen molar-refractivity contribution < 1.29 is 18.3 Å². The Hall–Kier alpha value is -2.94. The number of hydrogen-bond acceptors (Lipinski definition) is 4. The summed E-state index contributed by atoms with van der Waals surface area (Å²) >= 11 is 0. The highest BCUT2D eigenvalue weighted by Gasteiger charge is 2.36. The van der Waals surface area contributed by atoms with Crippen molar-refractivity contribution in [3.63, 3.8) is 0 Å². The third-order valence-corrected chi connectivity index (χ3v) is 12.3. The number of nitrogens with zero attached hydrogens (tertiary/aromatic N) is 1. The molecule has 1 saturated heterocycles. The average molecular weight is 552 g/mol. The highest BCUT2D eigenvalue weighted by molar-refractivity contribution is 6.74. The number of benzene rings is 3. The number of rotatable bonds is 10. The van der Waals surface area contributed by atoms with Crippen molar-refractivity contribution in [1.29, 1.82) is 0 Å². The van der Waals surface area contributed by atoms with Gasteiger partial charge in [0.05, 0.1) is 6.61 Å². The van der Waals surface area contributed by atoms with E-state index in [1.54, 1.807) is 6.07 Å². The molecule has 4 rings (SSSR count). The van der Waals surface area contributed by atoms with Gasteiger partial charge >= 0.3 is 6.03 Å². The number of hydrogen-bond donors (Lipinski definition) is 2. The van der Waals surface area contributed by atoms with Crippen LogP contribution in [0.2, 0.25) is 18.1 Å². The minimum atomic E-state index is -1.74. The van der Waals surface area contributed by atoms with Gasteiger partial charge in [0, 0.05) is 50.5 Å². The van der Waals surface area contributed by atoms with Crippen molar-refractivity contribution in [2.45, 2.75) is 64.3 Å². The van der Waals surface area contributed by atoms with Crippen LogP contribution in [0.4, 0.5) is 14.9 Å². The number of carbonyl (C=O) groups is 1. The van der Waals surface area contributed by atoms with Crippen molar-refractivity contribution in [3.8, 4) is 5.75 Å². The van der Waals surface area contributed by atoms with E-state index in [-0.39, 0.29) is 22.9 Å². The molecule has 1 aliphatic rings. The molecule has 1 atom stereocenters. The normalized spacial score (nSPS) is 16.4. The van der Waals surface area contributed by atoms with Crippen LogP contribution in [0.15, 0.2) is 60.7 Å². The predicted octanol–water partition coefficient (Wildman–Crippen LogP) is 7.17. The molecule has 2 N–H and O–H groups in total. The molecule has 0 radical (unpaired) electrons. The number of ether oxygens (including phenoxy) is 1. The molecule has 6 nitrogen and oxygen atoms in total. The molecule has 3 aromatic carbocycles. The maximum atomic E-state index is 13.5. The number of anilines is 1. The molecule has 1 fully saturated rings. The van der Waals surface area contributed by atoms with Gasteiger partial charge in [0.1, 0.15) is 11.6 Å². The second-order valence-corrected chi connectivity index (χ2v) is 16.8. The van der Waals surface area contributed by atoms with E-state index >= 15 is 0 Å². The fraction of sp³-hybridized carbons (Fsp3) is 0.452. The smallest absolute Gasteiger partial charge is 0.319 e. The van der Waals surface area contributed by atoms with Gasteiger partial charge in [-0.15, -0.1) is 0 Å². The van der Waals surface area contributed by atoms with E-state index in [2.05, 4.69) is 55.5 Å². The van der Waals surface area contributed by atoms with Gasteiger partial charge in [0.25, 0.3) is 0 Å². The summed E-state index contributed by atoms with van der Waals surface area (Å²) in [5, 5.41) is 8.17. The Morgan fingerprint density at radius 2 is 1.82 bits per heavy atom. The lowest BCUT2D eigenvalue weighted by atomic mass is 10.1. The van der Waals surface area contributed by atoms with Crippen molar-refractivity contribution in [3.05, 3.63) is 72.0 Å². The number of fused-ring (bicyclic) bond motifs is 1. The van der Waals surface area contributed by atoms with Gasteiger partial charge < -0.3 is 19.8 Å². The number of urea groups is 1. The van der Waals surface area contributed by atoms with Gasteiger partial charge in [0.15, 0.2) is 8.32 Å². The van der Waals surface area contributed by atoms with Crippen molar-refractivity contribution >= 4 is 30.8 Å². The van der Waals surface area contributed by atoms with Gasteiger partial charge in [-0.05, 0) is 71.2 Å². The predicted molar refractivity (Wildman–Crippen MR) is 159 cm³/mol. The maximum absolute atomic E-state index is 13.5. The summed E-state index contributed by atoms with van der Waals surface area (Å²) in [6.45, 7) is 15.0. The quantitative estimate of drug-likeness (QED) is 0.207.